The van der Waals surface area contributed by atoms with Gasteiger partial charge < -0.3 is 14.2 Å². The van der Waals surface area contributed by atoms with Crippen LogP contribution in [0.15, 0.2) is 42.5 Å². The molecule has 2 aromatic carbocycles. The maximum atomic E-state index is 11.9. The van der Waals surface area contributed by atoms with Crippen LogP contribution >= 0.6 is 0 Å². The number of rotatable bonds is 5. The summed E-state index contributed by atoms with van der Waals surface area (Å²) in [6.45, 7) is 2.20. The number of methoxy groups -OCH3 is 2. The van der Waals surface area contributed by atoms with Gasteiger partial charge >= 0.3 is 5.97 Å². The van der Waals surface area contributed by atoms with Crippen LogP contribution in [0.4, 0.5) is 0 Å². The van der Waals surface area contributed by atoms with Gasteiger partial charge in [0.2, 0.25) is 0 Å². The van der Waals surface area contributed by atoms with E-state index in [4.69, 9.17) is 14.2 Å². The van der Waals surface area contributed by atoms with E-state index >= 15 is 0 Å². The molecule has 0 saturated carbocycles. The summed E-state index contributed by atoms with van der Waals surface area (Å²) < 4.78 is 15.8. The molecule has 0 aromatic heterocycles. The Labute approximate surface area is 124 Å². The van der Waals surface area contributed by atoms with E-state index < -0.39 is 5.97 Å². The van der Waals surface area contributed by atoms with Crippen LogP contribution in [-0.2, 0) is 11.3 Å². The van der Waals surface area contributed by atoms with Crippen molar-refractivity contribution in [1.82, 2.24) is 0 Å². The molecule has 0 unspecified atom stereocenters. The topological polar surface area (TPSA) is 44.8 Å². The van der Waals surface area contributed by atoms with Crippen LogP contribution in [0.2, 0.25) is 0 Å². The highest BCUT2D eigenvalue weighted by Crippen LogP contribution is 2.29. The van der Waals surface area contributed by atoms with Crippen molar-refractivity contribution in [1.29, 1.82) is 0 Å². The van der Waals surface area contributed by atoms with E-state index in [0.29, 0.717) is 23.7 Å². The predicted molar refractivity (Wildman–Crippen MR) is 79.8 cm³/mol. The van der Waals surface area contributed by atoms with Gasteiger partial charge in [-0.2, -0.15) is 0 Å². The van der Waals surface area contributed by atoms with Crippen LogP contribution in [0.5, 0.6) is 11.5 Å². The van der Waals surface area contributed by atoms with Gasteiger partial charge in [0.1, 0.15) is 23.7 Å². The molecule has 0 atom stereocenters. The largest absolute Gasteiger partial charge is 0.497 e. The molecule has 0 amide bonds. The molecule has 2 aromatic rings. The Morgan fingerprint density at radius 2 is 1.81 bits per heavy atom. The van der Waals surface area contributed by atoms with Crippen molar-refractivity contribution >= 4 is 5.97 Å². The number of hydrogen-bond acceptors (Lipinski definition) is 4. The van der Waals surface area contributed by atoms with Crippen LogP contribution in [0.1, 0.15) is 21.5 Å². The van der Waals surface area contributed by atoms with Gasteiger partial charge in [0, 0.05) is 6.07 Å². The Kier molecular flexibility index (Phi) is 4.82. The quantitative estimate of drug-likeness (QED) is 0.790. The summed E-state index contributed by atoms with van der Waals surface area (Å²) in [5.41, 5.74) is 2.20. The zero-order valence-corrected chi connectivity index (χ0v) is 12.4. The molecular weight excluding hydrogens is 268 g/mol. The molecule has 2 rings (SSSR count). The lowest BCUT2D eigenvalue weighted by molar-refractivity contribution is 0.0594. The SMILES string of the molecule is COC(=O)c1c(C)cc(OC)cc1OCc1ccccc1. The van der Waals surface area contributed by atoms with Gasteiger partial charge in [-0.3, -0.25) is 0 Å². The second-order valence-corrected chi connectivity index (χ2v) is 4.58. The molecule has 0 fully saturated rings. The molecule has 4 heteroatoms. The summed E-state index contributed by atoms with van der Waals surface area (Å²) in [5, 5.41) is 0. The van der Waals surface area contributed by atoms with E-state index in [2.05, 4.69) is 0 Å². The van der Waals surface area contributed by atoms with Crippen molar-refractivity contribution in [2.24, 2.45) is 0 Å². The lowest BCUT2D eigenvalue weighted by atomic mass is 10.1. The Morgan fingerprint density at radius 1 is 1.10 bits per heavy atom. The van der Waals surface area contributed by atoms with E-state index in [1.54, 1.807) is 19.2 Å². The minimum Gasteiger partial charge on any atom is -0.497 e. The zero-order valence-electron chi connectivity index (χ0n) is 12.4. The molecule has 21 heavy (non-hydrogen) atoms. The predicted octanol–water partition coefficient (Wildman–Crippen LogP) is 3.37. The van der Waals surface area contributed by atoms with E-state index in [1.807, 2.05) is 37.3 Å². The fraction of sp³-hybridized carbons (Fsp3) is 0.235. The average Bonchev–Trinajstić information content (AvgIpc) is 2.52. The highest BCUT2D eigenvalue weighted by molar-refractivity contribution is 5.94. The first-order valence-electron chi connectivity index (χ1n) is 6.59. The van der Waals surface area contributed by atoms with Gasteiger partial charge in [-0.1, -0.05) is 30.3 Å². The second-order valence-electron chi connectivity index (χ2n) is 4.58. The van der Waals surface area contributed by atoms with E-state index in [-0.39, 0.29) is 0 Å². The molecule has 0 aliphatic carbocycles. The van der Waals surface area contributed by atoms with E-state index in [9.17, 15) is 4.79 Å². The van der Waals surface area contributed by atoms with Crippen molar-refractivity contribution < 1.29 is 19.0 Å². The minimum absolute atomic E-state index is 0.372. The lowest BCUT2D eigenvalue weighted by Gasteiger charge is -2.14. The zero-order chi connectivity index (χ0) is 15.2. The Morgan fingerprint density at radius 3 is 2.43 bits per heavy atom. The summed E-state index contributed by atoms with van der Waals surface area (Å²) in [6.07, 6.45) is 0. The number of ether oxygens (including phenoxy) is 3. The van der Waals surface area contributed by atoms with Gasteiger partial charge in [0.25, 0.3) is 0 Å². The van der Waals surface area contributed by atoms with Crippen molar-refractivity contribution in [3.63, 3.8) is 0 Å². The lowest BCUT2D eigenvalue weighted by Crippen LogP contribution is -2.08. The molecule has 4 nitrogen and oxygen atoms in total. The second kappa shape index (κ2) is 6.79. The summed E-state index contributed by atoms with van der Waals surface area (Å²) in [5.74, 6) is 0.684. The van der Waals surface area contributed by atoms with Crippen molar-refractivity contribution in [2.75, 3.05) is 14.2 Å². The molecule has 110 valence electrons. The molecule has 0 heterocycles. The van der Waals surface area contributed by atoms with Gasteiger partial charge in [0.15, 0.2) is 0 Å². The highest BCUT2D eigenvalue weighted by atomic mass is 16.5. The maximum absolute atomic E-state index is 11.9. The minimum atomic E-state index is -0.418. The van der Waals surface area contributed by atoms with Gasteiger partial charge in [-0.25, -0.2) is 4.79 Å². The van der Waals surface area contributed by atoms with Crippen LogP contribution in [0, 0.1) is 6.92 Å². The van der Waals surface area contributed by atoms with Gasteiger partial charge in [-0.15, -0.1) is 0 Å². The highest BCUT2D eigenvalue weighted by Gasteiger charge is 2.18. The molecule has 0 radical (unpaired) electrons. The monoisotopic (exact) mass is 286 g/mol. The molecule has 0 saturated heterocycles. The number of hydrogen-bond donors (Lipinski definition) is 0. The third-order valence-electron chi connectivity index (χ3n) is 3.14. The smallest absolute Gasteiger partial charge is 0.341 e. The fourth-order valence-electron chi connectivity index (χ4n) is 2.05. The standard InChI is InChI=1S/C17H18O4/c1-12-9-14(19-2)10-15(16(12)17(18)20-3)21-11-13-7-5-4-6-8-13/h4-10H,11H2,1-3H3. The maximum Gasteiger partial charge on any atom is 0.341 e. The number of carbonyl (C=O) groups is 1. The van der Waals surface area contributed by atoms with Crippen molar-refractivity contribution in [2.45, 2.75) is 13.5 Å². The molecule has 0 aliphatic heterocycles. The van der Waals surface area contributed by atoms with Crippen LogP contribution in [0.25, 0.3) is 0 Å². The van der Waals surface area contributed by atoms with E-state index in [1.165, 1.54) is 7.11 Å². The first kappa shape index (κ1) is 14.9. The normalized spacial score (nSPS) is 10.0. The first-order valence-corrected chi connectivity index (χ1v) is 6.59. The fourth-order valence-corrected chi connectivity index (χ4v) is 2.05. The summed E-state index contributed by atoms with van der Waals surface area (Å²) in [4.78, 5) is 11.9. The number of aryl methyl sites for hydroxylation is 1. The molecule has 0 N–H and O–H groups in total. The molecule has 0 aliphatic rings. The Hall–Kier alpha value is -2.49. The number of carbonyl (C=O) groups excluding carboxylic acids is 1. The Balaban J connectivity index is 2.31. The average molecular weight is 286 g/mol. The summed E-state index contributed by atoms with van der Waals surface area (Å²) in [7, 11) is 2.93. The summed E-state index contributed by atoms with van der Waals surface area (Å²) >= 11 is 0. The molecule has 0 spiro atoms. The van der Waals surface area contributed by atoms with Gasteiger partial charge in [0.05, 0.1) is 14.2 Å². The van der Waals surface area contributed by atoms with E-state index in [0.717, 1.165) is 11.1 Å². The molecular formula is C17H18O4. The van der Waals surface area contributed by atoms with Gasteiger partial charge in [-0.05, 0) is 24.1 Å². The van der Waals surface area contributed by atoms with Crippen LogP contribution in [-0.4, -0.2) is 20.2 Å². The number of benzene rings is 2. The summed E-state index contributed by atoms with van der Waals surface area (Å²) in [6, 6.07) is 13.2. The third-order valence-corrected chi connectivity index (χ3v) is 3.14. The number of esters is 1. The third kappa shape index (κ3) is 3.54. The van der Waals surface area contributed by atoms with Crippen LogP contribution < -0.4 is 9.47 Å². The molecule has 0 bridgehead atoms. The van der Waals surface area contributed by atoms with Crippen LogP contribution in [0.3, 0.4) is 0 Å². The first-order chi connectivity index (χ1) is 10.2. The Bertz CT molecular complexity index is 620. The van der Waals surface area contributed by atoms with Crippen molar-refractivity contribution in [3.05, 3.63) is 59.2 Å². The van der Waals surface area contributed by atoms with Crippen molar-refractivity contribution in [3.8, 4) is 11.5 Å².